The van der Waals surface area contributed by atoms with Crippen LogP contribution in [0, 0.1) is 17.1 Å². The number of anilines is 2. The molecule has 1 saturated carbocycles. The summed E-state index contributed by atoms with van der Waals surface area (Å²) in [5, 5.41) is 27.8. The number of nitrogens with one attached hydrogen (secondary N) is 2. The first-order valence-electron chi connectivity index (χ1n) is 8.35. The number of hydrogen-bond acceptors (Lipinski definition) is 7. The molecule has 138 valence electrons. The van der Waals surface area contributed by atoms with Crippen LogP contribution in [-0.2, 0) is 0 Å². The lowest BCUT2D eigenvalue weighted by molar-refractivity contribution is 0.418. The van der Waals surface area contributed by atoms with Gasteiger partial charge in [-0.25, -0.2) is 14.4 Å². The van der Waals surface area contributed by atoms with Gasteiger partial charge in [-0.1, -0.05) is 12.5 Å². The number of H-pyrrole nitrogens is 1. The second-order valence-corrected chi connectivity index (χ2v) is 6.02. The van der Waals surface area contributed by atoms with Gasteiger partial charge in [0.2, 0.25) is 0 Å². The Bertz CT molecular complexity index is 925. The Hall–Kier alpha value is -3.51. The minimum Gasteiger partial charge on any atom is -0.507 e. The Morgan fingerprint density at radius 3 is 2.59 bits per heavy atom. The normalized spacial score (nSPS) is 13.1. The first-order valence-corrected chi connectivity index (χ1v) is 8.35. The number of aromatic hydroxyl groups is 1. The van der Waals surface area contributed by atoms with Gasteiger partial charge in [-0.2, -0.15) is 10.4 Å². The molecule has 0 spiro atoms. The molecule has 0 amide bonds. The highest BCUT2D eigenvalue weighted by Crippen LogP contribution is 2.31. The summed E-state index contributed by atoms with van der Waals surface area (Å²) in [6.45, 7) is 0. The molecule has 27 heavy (non-hydrogen) atoms. The summed E-state index contributed by atoms with van der Waals surface area (Å²) in [7, 11) is 0. The van der Waals surface area contributed by atoms with E-state index in [0.717, 1.165) is 0 Å². The van der Waals surface area contributed by atoms with E-state index in [0.29, 0.717) is 23.4 Å². The van der Waals surface area contributed by atoms with E-state index in [9.17, 15) is 9.50 Å². The minimum atomic E-state index is -0.562. The van der Waals surface area contributed by atoms with E-state index in [1.165, 1.54) is 55.9 Å². The summed E-state index contributed by atoms with van der Waals surface area (Å²) in [4.78, 5) is 7.85. The average Bonchev–Trinajstić information content (AvgIpc) is 3.09. The zero-order valence-corrected chi connectivity index (χ0v) is 14.4. The molecule has 9 heteroatoms. The molecule has 1 aliphatic carbocycles. The number of aromatic nitrogens is 4. The van der Waals surface area contributed by atoms with Crippen molar-refractivity contribution in [3.8, 4) is 23.1 Å². The molecule has 5 N–H and O–H groups in total. The van der Waals surface area contributed by atoms with E-state index in [2.05, 4.69) is 25.5 Å². The monoisotopic (exact) mass is 367 g/mol. The molecule has 0 radical (unpaired) electrons. The maximum absolute atomic E-state index is 13.8. The average molecular weight is 367 g/mol. The minimum absolute atomic E-state index is 0.0361. The summed E-state index contributed by atoms with van der Waals surface area (Å²) in [5.41, 5.74) is 5.93. The molecule has 0 bridgehead atoms. The Morgan fingerprint density at radius 2 is 2.04 bits per heavy atom. The molecule has 3 aromatic rings. The molecular formula is C18H18FN7O. The molecule has 1 aliphatic rings. The fourth-order valence-corrected chi connectivity index (χ4v) is 2.31. The second-order valence-electron chi connectivity index (χ2n) is 6.02. The van der Waals surface area contributed by atoms with Crippen molar-refractivity contribution < 1.29 is 9.50 Å². The molecule has 2 heterocycles. The third-order valence-corrected chi connectivity index (χ3v) is 4.01. The maximum atomic E-state index is 13.8. The standard InChI is InChI=1S/C14H9FN6O.C4H9N/c15-9-2-1-3-11(22)14(9)10-4-12(21-20-10)19-13-7-17-8(5-16)6-18-13;5-4-2-1-3-4/h1-4,6-7,22H,(H2,18,19,20,21);4H,1-3,5H2. The summed E-state index contributed by atoms with van der Waals surface area (Å²) in [6, 6.07) is 8.00. The lowest BCUT2D eigenvalue weighted by Crippen LogP contribution is -2.27. The molecule has 2 aromatic heterocycles. The molecule has 0 unspecified atom stereocenters. The van der Waals surface area contributed by atoms with Crippen LogP contribution in [0.15, 0.2) is 36.7 Å². The number of hydrogen-bond donors (Lipinski definition) is 4. The fourth-order valence-electron chi connectivity index (χ4n) is 2.31. The highest BCUT2D eigenvalue weighted by Gasteiger charge is 2.13. The Balaban J connectivity index is 0.000000364. The van der Waals surface area contributed by atoms with E-state index in [-0.39, 0.29) is 17.0 Å². The number of benzene rings is 1. The number of phenolic OH excluding ortho intramolecular Hbond substituents is 1. The van der Waals surface area contributed by atoms with Gasteiger partial charge in [-0.3, -0.25) is 5.10 Å². The molecular weight excluding hydrogens is 349 g/mol. The van der Waals surface area contributed by atoms with Crippen molar-refractivity contribution in [2.24, 2.45) is 5.73 Å². The van der Waals surface area contributed by atoms with Crippen LogP contribution in [0.25, 0.3) is 11.3 Å². The van der Waals surface area contributed by atoms with Crippen LogP contribution >= 0.6 is 0 Å². The van der Waals surface area contributed by atoms with Gasteiger partial charge in [0, 0.05) is 12.1 Å². The molecule has 1 aromatic carbocycles. The van der Waals surface area contributed by atoms with E-state index < -0.39 is 5.82 Å². The molecule has 0 atom stereocenters. The van der Waals surface area contributed by atoms with Crippen LogP contribution < -0.4 is 11.1 Å². The lowest BCUT2D eigenvalue weighted by atomic mass is 9.95. The summed E-state index contributed by atoms with van der Waals surface area (Å²) in [5.74, 6) is 0.00759. The number of aromatic amines is 1. The molecule has 1 fully saturated rings. The molecule has 8 nitrogen and oxygen atoms in total. The number of nitrogens with zero attached hydrogens (tertiary/aromatic N) is 4. The van der Waals surface area contributed by atoms with E-state index in [1.54, 1.807) is 0 Å². The quantitative estimate of drug-likeness (QED) is 0.558. The van der Waals surface area contributed by atoms with Crippen LogP contribution in [0.4, 0.5) is 16.0 Å². The zero-order chi connectivity index (χ0) is 19.2. The first-order chi connectivity index (χ1) is 13.1. The lowest BCUT2D eigenvalue weighted by Gasteiger charge is -2.18. The predicted molar refractivity (Wildman–Crippen MR) is 97.5 cm³/mol. The van der Waals surface area contributed by atoms with Crippen LogP contribution in [0.5, 0.6) is 5.75 Å². The van der Waals surface area contributed by atoms with Crippen molar-refractivity contribution in [2.75, 3.05) is 5.32 Å². The predicted octanol–water partition coefficient (Wildman–Crippen LogP) is 2.82. The summed E-state index contributed by atoms with van der Waals surface area (Å²) >= 11 is 0. The van der Waals surface area contributed by atoms with Crippen molar-refractivity contribution in [3.05, 3.63) is 48.2 Å². The first kappa shape index (κ1) is 18.3. The highest BCUT2D eigenvalue weighted by atomic mass is 19.1. The largest absolute Gasteiger partial charge is 0.507 e. The number of rotatable bonds is 3. The van der Waals surface area contributed by atoms with Crippen LogP contribution in [0.3, 0.4) is 0 Å². The van der Waals surface area contributed by atoms with Gasteiger partial charge in [0.1, 0.15) is 23.5 Å². The van der Waals surface area contributed by atoms with E-state index in [1.807, 2.05) is 6.07 Å². The fraction of sp³-hybridized carbons (Fsp3) is 0.222. The number of nitrogens with two attached hydrogens (primary N) is 1. The van der Waals surface area contributed by atoms with Gasteiger partial charge in [-0.05, 0) is 25.0 Å². The van der Waals surface area contributed by atoms with Crippen LogP contribution in [0.2, 0.25) is 0 Å². The number of halogens is 1. The van der Waals surface area contributed by atoms with E-state index in [4.69, 9.17) is 11.0 Å². The molecule has 0 saturated heterocycles. The van der Waals surface area contributed by atoms with Gasteiger partial charge < -0.3 is 16.2 Å². The third-order valence-electron chi connectivity index (χ3n) is 4.01. The van der Waals surface area contributed by atoms with Crippen molar-refractivity contribution in [2.45, 2.75) is 25.3 Å². The number of nitriles is 1. The second kappa shape index (κ2) is 8.25. The Kier molecular flexibility index (Phi) is 5.58. The van der Waals surface area contributed by atoms with Crippen molar-refractivity contribution in [3.63, 3.8) is 0 Å². The van der Waals surface area contributed by atoms with Gasteiger partial charge in [0.15, 0.2) is 11.5 Å². The molecule has 0 aliphatic heterocycles. The van der Waals surface area contributed by atoms with Crippen LogP contribution in [0.1, 0.15) is 25.0 Å². The Morgan fingerprint density at radius 1 is 1.26 bits per heavy atom. The smallest absolute Gasteiger partial charge is 0.158 e. The number of phenols is 1. The Labute approximate surface area is 154 Å². The summed E-state index contributed by atoms with van der Waals surface area (Å²) in [6.07, 6.45) is 6.59. The van der Waals surface area contributed by atoms with Crippen molar-refractivity contribution >= 4 is 11.6 Å². The van der Waals surface area contributed by atoms with Crippen LogP contribution in [-0.4, -0.2) is 31.3 Å². The SMILES string of the molecule is N#Cc1cnc(Nc2cc(-c3c(O)cccc3F)[nH]n2)cn1.NC1CCC1. The zero-order valence-electron chi connectivity index (χ0n) is 14.4. The van der Waals surface area contributed by atoms with E-state index >= 15 is 0 Å². The van der Waals surface area contributed by atoms with Gasteiger partial charge >= 0.3 is 0 Å². The van der Waals surface area contributed by atoms with Crippen molar-refractivity contribution in [1.82, 2.24) is 20.2 Å². The van der Waals surface area contributed by atoms with Gasteiger partial charge in [0.25, 0.3) is 0 Å². The van der Waals surface area contributed by atoms with Gasteiger partial charge in [-0.15, -0.1) is 0 Å². The topological polar surface area (TPSA) is 137 Å². The highest BCUT2D eigenvalue weighted by molar-refractivity contribution is 5.70. The van der Waals surface area contributed by atoms with Crippen molar-refractivity contribution in [1.29, 1.82) is 5.26 Å². The maximum Gasteiger partial charge on any atom is 0.158 e. The third kappa shape index (κ3) is 4.56. The summed E-state index contributed by atoms with van der Waals surface area (Å²) < 4.78 is 13.8. The molecule has 4 rings (SSSR count). The van der Waals surface area contributed by atoms with Gasteiger partial charge in [0.05, 0.1) is 23.7 Å².